The number of aryl methyl sites for hydroxylation is 1. The molecule has 0 amide bonds. The topological polar surface area (TPSA) is 42.3 Å². The number of pyridine rings is 2. The van der Waals surface area contributed by atoms with E-state index < -0.39 is 5.54 Å². The molecule has 0 aliphatic heterocycles. The molecular weight excluding hydrogens is 485 g/mol. The third-order valence-electron chi connectivity index (χ3n) is 8.86. The van der Waals surface area contributed by atoms with E-state index in [1.54, 1.807) is 12.1 Å². The Morgan fingerprint density at radius 3 is 2.41 bits per heavy atom. The van der Waals surface area contributed by atoms with Crippen LogP contribution in [0.4, 0.5) is 4.39 Å². The molecule has 1 saturated carbocycles. The maximum Gasteiger partial charge on any atom is 0.227 e. The van der Waals surface area contributed by atoms with Crippen LogP contribution in [0.3, 0.4) is 0 Å². The van der Waals surface area contributed by atoms with Crippen LogP contribution in [-0.2, 0) is 0 Å². The van der Waals surface area contributed by atoms with Crippen molar-refractivity contribution in [3.63, 3.8) is 0 Å². The summed E-state index contributed by atoms with van der Waals surface area (Å²) in [6.45, 7) is 20.7. The minimum Gasteiger partial charge on any atom is -0.437 e. The van der Waals surface area contributed by atoms with E-state index in [4.69, 9.17) is 4.42 Å². The van der Waals surface area contributed by atoms with Gasteiger partial charge >= 0.3 is 0 Å². The summed E-state index contributed by atoms with van der Waals surface area (Å²) >= 11 is 0. The molecule has 3 heterocycles. The molecule has 4 nitrogen and oxygen atoms in total. The molecule has 0 bridgehead atoms. The molecule has 2 aromatic carbocycles. The van der Waals surface area contributed by atoms with Crippen molar-refractivity contribution in [2.75, 3.05) is 0 Å². The Hall–Kier alpha value is -4.38. The van der Waals surface area contributed by atoms with Gasteiger partial charge in [-0.05, 0) is 81.4 Å². The van der Waals surface area contributed by atoms with Gasteiger partial charge in [0.15, 0.2) is 17.8 Å². The van der Waals surface area contributed by atoms with Crippen LogP contribution >= 0.6 is 0 Å². The molecule has 3 aromatic heterocycles. The van der Waals surface area contributed by atoms with Crippen molar-refractivity contribution in [1.82, 2.24) is 4.98 Å². The van der Waals surface area contributed by atoms with Gasteiger partial charge < -0.3 is 4.42 Å². The standard InChI is InChI=1S/C34H31FN3O/c1-8-22-12-16-26-27-15-9-21(4)37-31(27)39-30(26)29(22)28-19-24(23-10-13-25(35)14-11-23)17-18-38(28)32-33(5,20(2)3)34(32,6)36-7/h8-19,32H,1-2,7H2,3-6H3/q+1. The summed E-state index contributed by atoms with van der Waals surface area (Å²) < 4.78 is 22.5. The average molecular weight is 517 g/mol. The first-order valence-electron chi connectivity index (χ1n) is 13.0. The zero-order valence-corrected chi connectivity index (χ0v) is 22.8. The number of benzene rings is 2. The van der Waals surface area contributed by atoms with E-state index in [0.29, 0.717) is 5.71 Å². The van der Waals surface area contributed by atoms with E-state index in [9.17, 15) is 4.39 Å². The molecule has 3 atom stereocenters. The normalized spacial score (nSPS) is 22.2. The number of nitrogens with zero attached hydrogens (tertiary/aromatic N) is 3. The predicted molar refractivity (Wildman–Crippen MR) is 157 cm³/mol. The van der Waals surface area contributed by atoms with Crippen molar-refractivity contribution in [3.8, 4) is 22.4 Å². The van der Waals surface area contributed by atoms with E-state index in [0.717, 1.165) is 55.6 Å². The van der Waals surface area contributed by atoms with Gasteiger partial charge in [0.25, 0.3) is 0 Å². The molecule has 5 heteroatoms. The number of halogens is 1. The lowest BCUT2D eigenvalue weighted by atomic mass is 9.95. The van der Waals surface area contributed by atoms with E-state index in [-0.39, 0.29) is 17.3 Å². The van der Waals surface area contributed by atoms with E-state index in [1.807, 2.05) is 19.1 Å². The Morgan fingerprint density at radius 2 is 1.77 bits per heavy atom. The Balaban J connectivity index is 1.70. The van der Waals surface area contributed by atoms with Gasteiger partial charge in [0.1, 0.15) is 11.4 Å². The van der Waals surface area contributed by atoms with Crippen molar-refractivity contribution in [2.45, 2.75) is 39.3 Å². The van der Waals surface area contributed by atoms with Crippen LogP contribution < -0.4 is 4.57 Å². The van der Waals surface area contributed by atoms with Crippen LogP contribution in [0.1, 0.15) is 38.1 Å². The monoisotopic (exact) mass is 516 g/mol. The molecule has 0 N–H and O–H groups in total. The van der Waals surface area contributed by atoms with Crippen molar-refractivity contribution >= 4 is 34.9 Å². The summed E-state index contributed by atoms with van der Waals surface area (Å²) in [5.74, 6) is -0.267. The van der Waals surface area contributed by atoms with Crippen LogP contribution in [0.5, 0.6) is 0 Å². The Morgan fingerprint density at radius 1 is 1.05 bits per heavy atom. The third kappa shape index (κ3) is 3.46. The predicted octanol–water partition coefficient (Wildman–Crippen LogP) is 8.29. The van der Waals surface area contributed by atoms with Gasteiger partial charge in [-0.15, -0.1) is 0 Å². The largest absolute Gasteiger partial charge is 0.437 e. The first-order valence-corrected chi connectivity index (χ1v) is 13.0. The quantitative estimate of drug-likeness (QED) is 0.129. The zero-order chi connectivity index (χ0) is 27.7. The van der Waals surface area contributed by atoms with Crippen LogP contribution in [0.25, 0.3) is 50.5 Å². The molecule has 6 rings (SSSR count). The number of hydrogen-bond acceptors (Lipinski definition) is 3. The number of furan rings is 1. The van der Waals surface area contributed by atoms with Crippen LogP contribution in [0.2, 0.25) is 0 Å². The summed E-state index contributed by atoms with van der Waals surface area (Å²) in [7, 11) is 0. The number of hydrogen-bond donors (Lipinski definition) is 0. The van der Waals surface area contributed by atoms with Crippen LogP contribution in [0, 0.1) is 18.2 Å². The molecule has 5 aromatic rings. The lowest BCUT2D eigenvalue weighted by Gasteiger charge is -2.12. The number of fused-ring (bicyclic) bond motifs is 3. The van der Waals surface area contributed by atoms with Crippen molar-refractivity contribution in [1.29, 1.82) is 0 Å². The van der Waals surface area contributed by atoms with Crippen LogP contribution in [0.15, 0.2) is 95.0 Å². The Labute approximate surface area is 227 Å². The maximum absolute atomic E-state index is 13.8. The molecule has 1 fully saturated rings. The number of aliphatic imine (C=N–C) groups is 1. The van der Waals surface area contributed by atoms with E-state index in [2.05, 4.69) is 91.7 Å². The number of rotatable bonds is 6. The third-order valence-corrected chi connectivity index (χ3v) is 8.86. The fourth-order valence-corrected chi connectivity index (χ4v) is 6.24. The second kappa shape index (κ2) is 8.57. The molecule has 0 spiro atoms. The van der Waals surface area contributed by atoms with Gasteiger partial charge in [-0.2, -0.15) is 4.57 Å². The van der Waals surface area contributed by atoms with Crippen molar-refractivity contribution < 1.29 is 13.4 Å². The molecule has 194 valence electrons. The SMILES string of the molecule is C=Cc1ccc2c(oc3nc(C)ccc32)c1-c1cc(-c2ccc(F)cc2)cc[n+]1C1C(C)(N=C)C1(C)C(=C)C. The molecular formula is C34H31FN3O+. The smallest absolute Gasteiger partial charge is 0.227 e. The summed E-state index contributed by atoms with van der Waals surface area (Å²) in [5.41, 5.74) is 7.24. The van der Waals surface area contributed by atoms with E-state index in [1.165, 1.54) is 12.1 Å². The highest BCUT2D eigenvalue weighted by Crippen LogP contribution is 2.68. The van der Waals surface area contributed by atoms with Gasteiger partial charge in [-0.25, -0.2) is 9.37 Å². The highest BCUT2D eigenvalue weighted by atomic mass is 19.1. The van der Waals surface area contributed by atoms with E-state index >= 15 is 0 Å². The zero-order valence-electron chi connectivity index (χ0n) is 22.8. The van der Waals surface area contributed by atoms with Gasteiger partial charge in [0, 0.05) is 28.6 Å². The summed E-state index contributed by atoms with van der Waals surface area (Å²) in [4.78, 5) is 9.27. The first kappa shape index (κ1) is 24.9. The molecule has 3 unspecified atom stereocenters. The molecule has 0 saturated heterocycles. The second-order valence-corrected chi connectivity index (χ2v) is 10.9. The lowest BCUT2D eigenvalue weighted by Crippen LogP contribution is -2.39. The molecule has 0 radical (unpaired) electrons. The van der Waals surface area contributed by atoms with Gasteiger partial charge in [-0.3, -0.25) is 4.99 Å². The summed E-state index contributed by atoms with van der Waals surface area (Å²) in [6.07, 6.45) is 3.94. The average Bonchev–Trinajstić information content (AvgIpc) is 3.23. The van der Waals surface area contributed by atoms with Crippen molar-refractivity contribution in [2.24, 2.45) is 10.4 Å². The highest BCUT2D eigenvalue weighted by molar-refractivity contribution is 6.09. The van der Waals surface area contributed by atoms with Gasteiger partial charge in [0.2, 0.25) is 11.4 Å². The fraction of sp³-hybridized carbons (Fsp3) is 0.206. The van der Waals surface area contributed by atoms with Gasteiger partial charge in [-0.1, -0.05) is 43.0 Å². The van der Waals surface area contributed by atoms with Gasteiger partial charge in [0.05, 0.1) is 11.0 Å². The lowest BCUT2D eigenvalue weighted by molar-refractivity contribution is -0.697. The Kier molecular flexibility index (Phi) is 5.48. The minimum absolute atomic E-state index is 0.0186. The fourth-order valence-electron chi connectivity index (χ4n) is 6.24. The second-order valence-electron chi connectivity index (χ2n) is 10.9. The minimum atomic E-state index is -0.440. The molecule has 39 heavy (non-hydrogen) atoms. The first-order chi connectivity index (χ1) is 18.6. The molecule has 1 aliphatic carbocycles. The number of aromatic nitrogens is 2. The van der Waals surface area contributed by atoms with Crippen molar-refractivity contribution in [3.05, 3.63) is 103 Å². The summed E-state index contributed by atoms with van der Waals surface area (Å²) in [5, 5.41) is 1.95. The summed E-state index contributed by atoms with van der Waals surface area (Å²) in [6, 6.07) is 18.9. The Bertz CT molecular complexity index is 1830. The molecule has 1 aliphatic rings. The van der Waals surface area contributed by atoms with Crippen LogP contribution in [-0.4, -0.2) is 17.2 Å². The maximum atomic E-state index is 13.8. The highest BCUT2D eigenvalue weighted by Gasteiger charge is 2.79.